The molecule has 5 heteroatoms. The average Bonchev–Trinajstić information content (AvgIpc) is 2.34. The lowest BCUT2D eigenvalue weighted by Gasteiger charge is -2.21. The van der Waals surface area contributed by atoms with E-state index in [-0.39, 0.29) is 15.5 Å². The normalized spacial score (nSPS) is 11.9. The zero-order chi connectivity index (χ0) is 15.1. The molecule has 0 bridgehead atoms. The first-order valence-electron chi connectivity index (χ1n) is 6.48. The molecule has 0 amide bonds. The molecule has 0 saturated carbocycles. The van der Waals surface area contributed by atoms with Crippen LogP contribution in [0.5, 0.6) is 0 Å². The van der Waals surface area contributed by atoms with Crippen molar-refractivity contribution in [1.82, 2.24) is 4.98 Å². The van der Waals surface area contributed by atoms with Gasteiger partial charge in [-0.2, -0.15) is 0 Å². The first-order chi connectivity index (χ1) is 9.25. The van der Waals surface area contributed by atoms with Gasteiger partial charge in [0.2, 0.25) is 0 Å². The van der Waals surface area contributed by atoms with E-state index in [1.807, 2.05) is 13.0 Å². The molecule has 0 saturated heterocycles. The Labute approximate surface area is 128 Å². The average molecular weight is 315 g/mol. The summed E-state index contributed by atoms with van der Waals surface area (Å²) in [4.78, 5) is 4.58. The highest BCUT2D eigenvalue weighted by Gasteiger charge is 2.21. The van der Waals surface area contributed by atoms with Gasteiger partial charge in [-0.1, -0.05) is 44.0 Å². The van der Waals surface area contributed by atoms with Crippen LogP contribution in [-0.2, 0) is 5.41 Å². The minimum Gasteiger partial charge on any atom is -0.385 e. The van der Waals surface area contributed by atoms with Crippen LogP contribution < -0.4 is 5.32 Å². The zero-order valence-corrected chi connectivity index (χ0v) is 13.5. The molecule has 1 aromatic carbocycles. The van der Waals surface area contributed by atoms with Gasteiger partial charge in [-0.15, -0.1) is 0 Å². The van der Waals surface area contributed by atoms with Gasteiger partial charge in [-0.05, 0) is 19.1 Å². The van der Waals surface area contributed by atoms with Crippen molar-refractivity contribution in [2.24, 2.45) is 0 Å². The van der Waals surface area contributed by atoms with Gasteiger partial charge in [-0.25, -0.2) is 4.39 Å². The van der Waals surface area contributed by atoms with E-state index < -0.39 is 5.82 Å². The van der Waals surface area contributed by atoms with Gasteiger partial charge < -0.3 is 5.32 Å². The van der Waals surface area contributed by atoms with Gasteiger partial charge >= 0.3 is 0 Å². The Hall–Kier alpha value is -1.06. The smallest absolute Gasteiger partial charge is 0.161 e. The van der Waals surface area contributed by atoms with Crippen molar-refractivity contribution < 1.29 is 4.39 Å². The highest BCUT2D eigenvalue weighted by Crippen LogP contribution is 2.37. The van der Waals surface area contributed by atoms with Crippen LogP contribution >= 0.6 is 23.2 Å². The molecule has 0 spiro atoms. The van der Waals surface area contributed by atoms with E-state index >= 15 is 0 Å². The van der Waals surface area contributed by atoms with E-state index in [0.717, 1.165) is 11.4 Å². The summed E-state index contributed by atoms with van der Waals surface area (Å²) >= 11 is 12.0. The quantitative estimate of drug-likeness (QED) is 0.750. The standard InChI is InChI=1S/C15H17Cl2FN2/c1-5-19-9-7-11(15(2,3)4)20-10-6-8(16)14(18)13(17)12(9)10/h6-7H,5H2,1-4H3,(H,19,20). The summed E-state index contributed by atoms with van der Waals surface area (Å²) in [7, 11) is 0. The zero-order valence-electron chi connectivity index (χ0n) is 11.9. The van der Waals surface area contributed by atoms with Crippen molar-refractivity contribution in [1.29, 1.82) is 0 Å². The highest BCUT2D eigenvalue weighted by atomic mass is 35.5. The van der Waals surface area contributed by atoms with Crippen LogP contribution in [0.3, 0.4) is 0 Å². The van der Waals surface area contributed by atoms with Crippen LogP contribution in [0.2, 0.25) is 10.0 Å². The van der Waals surface area contributed by atoms with Gasteiger partial charge in [0, 0.05) is 28.7 Å². The molecule has 2 aromatic rings. The van der Waals surface area contributed by atoms with Crippen molar-refractivity contribution in [3.8, 4) is 0 Å². The molecule has 0 atom stereocenters. The molecule has 0 aliphatic heterocycles. The van der Waals surface area contributed by atoms with E-state index in [9.17, 15) is 4.39 Å². The molecule has 0 aliphatic rings. The Morgan fingerprint density at radius 2 is 1.90 bits per heavy atom. The molecule has 2 nitrogen and oxygen atoms in total. The van der Waals surface area contributed by atoms with Crippen LogP contribution in [0.4, 0.5) is 10.1 Å². The molecule has 1 aromatic heterocycles. The van der Waals surface area contributed by atoms with E-state index in [1.165, 1.54) is 6.07 Å². The third-order valence-corrected chi connectivity index (χ3v) is 3.70. The molecule has 108 valence electrons. The number of anilines is 1. The highest BCUT2D eigenvalue weighted by molar-refractivity contribution is 6.39. The summed E-state index contributed by atoms with van der Waals surface area (Å²) in [6.45, 7) is 8.91. The predicted molar refractivity (Wildman–Crippen MR) is 84.6 cm³/mol. The summed E-state index contributed by atoms with van der Waals surface area (Å²) in [5.74, 6) is -0.606. The van der Waals surface area contributed by atoms with Gasteiger partial charge in [0.1, 0.15) is 0 Å². The molecule has 20 heavy (non-hydrogen) atoms. The van der Waals surface area contributed by atoms with E-state index in [4.69, 9.17) is 23.2 Å². The van der Waals surface area contributed by atoms with Gasteiger partial charge in [0.05, 0.1) is 15.6 Å². The fourth-order valence-corrected chi connectivity index (χ4v) is 2.56. The summed E-state index contributed by atoms with van der Waals surface area (Å²) in [5, 5.41) is 3.79. The molecule has 0 fully saturated rings. The number of pyridine rings is 1. The van der Waals surface area contributed by atoms with Gasteiger partial charge in [-0.3, -0.25) is 4.98 Å². The number of hydrogen-bond acceptors (Lipinski definition) is 2. The summed E-state index contributed by atoms with van der Waals surface area (Å²) in [6.07, 6.45) is 0. The van der Waals surface area contributed by atoms with Crippen molar-refractivity contribution in [2.75, 3.05) is 11.9 Å². The number of nitrogens with one attached hydrogen (secondary N) is 1. The van der Waals surface area contributed by atoms with E-state index in [1.54, 1.807) is 0 Å². The molecular weight excluding hydrogens is 298 g/mol. The van der Waals surface area contributed by atoms with E-state index in [0.29, 0.717) is 17.4 Å². The van der Waals surface area contributed by atoms with Crippen molar-refractivity contribution in [3.05, 3.63) is 33.7 Å². The third-order valence-electron chi connectivity index (χ3n) is 3.07. The summed E-state index contributed by atoms with van der Waals surface area (Å²) < 4.78 is 13.9. The lowest BCUT2D eigenvalue weighted by atomic mass is 9.90. The number of aromatic nitrogens is 1. The second-order valence-electron chi connectivity index (χ2n) is 5.72. The van der Waals surface area contributed by atoms with Crippen LogP contribution in [0.25, 0.3) is 10.9 Å². The Bertz CT molecular complexity index is 663. The molecular formula is C15H17Cl2FN2. The fourth-order valence-electron chi connectivity index (χ4n) is 2.01. The van der Waals surface area contributed by atoms with Crippen LogP contribution in [-0.4, -0.2) is 11.5 Å². The SMILES string of the molecule is CCNc1cc(C(C)(C)C)nc2cc(Cl)c(F)c(Cl)c12. The Balaban J connectivity index is 2.85. The second-order valence-corrected chi connectivity index (χ2v) is 6.50. The molecule has 2 rings (SSSR count). The van der Waals surface area contributed by atoms with Crippen molar-refractivity contribution >= 4 is 39.8 Å². The van der Waals surface area contributed by atoms with Gasteiger partial charge in [0.25, 0.3) is 0 Å². The summed E-state index contributed by atoms with van der Waals surface area (Å²) in [5.41, 5.74) is 2.17. The fraction of sp³-hybridized carbons (Fsp3) is 0.400. The minimum atomic E-state index is -0.606. The molecule has 0 aliphatic carbocycles. The Kier molecular flexibility index (Phi) is 4.12. The maximum Gasteiger partial charge on any atom is 0.161 e. The molecule has 1 heterocycles. The third kappa shape index (κ3) is 2.70. The van der Waals surface area contributed by atoms with E-state index in [2.05, 4.69) is 31.1 Å². The van der Waals surface area contributed by atoms with Crippen molar-refractivity contribution in [3.63, 3.8) is 0 Å². The molecule has 0 unspecified atom stereocenters. The number of nitrogens with zero attached hydrogens (tertiary/aromatic N) is 1. The van der Waals surface area contributed by atoms with Crippen LogP contribution in [0.1, 0.15) is 33.4 Å². The Morgan fingerprint density at radius 3 is 2.45 bits per heavy atom. The van der Waals surface area contributed by atoms with Crippen LogP contribution in [0.15, 0.2) is 12.1 Å². The predicted octanol–water partition coefficient (Wildman–Crippen LogP) is 5.41. The first kappa shape index (κ1) is 15.3. The maximum atomic E-state index is 13.9. The molecule has 1 N–H and O–H groups in total. The molecule has 0 radical (unpaired) electrons. The minimum absolute atomic E-state index is 0.0106. The maximum absolute atomic E-state index is 13.9. The first-order valence-corrected chi connectivity index (χ1v) is 7.24. The second kappa shape index (κ2) is 5.38. The lowest BCUT2D eigenvalue weighted by Crippen LogP contribution is -2.14. The summed E-state index contributed by atoms with van der Waals surface area (Å²) in [6, 6.07) is 3.44. The Morgan fingerprint density at radius 1 is 1.25 bits per heavy atom. The number of benzene rings is 1. The largest absolute Gasteiger partial charge is 0.385 e. The number of hydrogen-bond donors (Lipinski definition) is 1. The lowest BCUT2D eigenvalue weighted by molar-refractivity contribution is 0.571. The van der Waals surface area contributed by atoms with Crippen molar-refractivity contribution in [2.45, 2.75) is 33.1 Å². The van der Waals surface area contributed by atoms with Crippen LogP contribution in [0, 0.1) is 5.82 Å². The number of fused-ring (bicyclic) bond motifs is 1. The monoisotopic (exact) mass is 314 g/mol. The number of rotatable bonds is 2. The van der Waals surface area contributed by atoms with Gasteiger partial charge in [0.15, 0.2) is 5.82 Å². The topological polar surface area (TPSA) is 24.9 Å². The number of halogens is 3.